The number of rotatable bonds is 5. The lowest BCUT2D eigenvalue weighted by Crippen LogP contribution is -2.48. The lowest BCUT2D eigenvalue weighted by molar-refractivity contribution is 0.144. The zero-order chi connectivity index (χ0) is 13.2. The fraction of sp³-hybridized carbons (Fsp3) is 0.667. The molecule has 1 heterocycles. The highest BCUT2D eigenvalue weighted by atomic mass is 79.9. The van der Waals surface area contributed by atoms with Gasteiger partial charge in [0.05, 0.1) is 24.0 Å². The third-order valence-electron chi connectivity index (χ3n) is 3.43. The van der Waals surface area contributed by atoms with E-state index in [1.165, 1.54) is 4.68 Å². The molecule has 0 unspecified atom stereocenters. The van der Waals surface area contributed by atoms with Gasteiger partial charge in [0.25, 0.3) is 5.56 Å². The van der Waals surface area contributed by atoms with Crippen LogP contribution in [0, 0.1) is 0 Å². The van der Waals surface area contributed by atoms with Crippen molar-refractivity contribution in [2.45, 2.75) is 44.7 Å². The molecule has 0 aromatic carbocycles. The highest BCUT2D eigenvalue weighted by molar-refractivity contribution is 9.10. The van der Waals surface area contributed by atoms with Gasteiger partial charge in [0.1, 0.15) is 4.47 Å². The van der Waals surface area contributed by atoms with Crippen molar-refractivity contribution in [3.05, 3.63) is 21.0 Å². The second-order valence-corrected chi connectivity index (χ2v) is 5.61. The molecular formula is C12H18BrN3O2. The monoisotopic (exact) mass is 315 g/mol. The minimum atomic E-state index is -0.270. The molecule has 0 atom stereocenters. The summed E-state index contributed by atoms with van der Waals surface area (Å²) in [4.78, 5) is 12.0. The van der Waals surface area contributed by atoms with Crippen molar-refractivity contribution in [2.75, 3.05) is 11.9 Å². The summed E-state index contributed by atoms with van der Waals surface area (Å²) < 4.78 is 1.94. The molecule has 5 nitrogen and oxygen atoms in total. The van der Waals surface area contributed by atoms with E-state index in [-0.39, 0.29) is 17.7 Å². The molecule has 18 heavy (non-hydrogen) atoms. The van der Waals surface area contributed by atoms with Crippen molar-refractivity contribution in [1.82, 2.24) is 9.78 Å². The Labute approximate surface area is 114 Å². The predicted molar refractivity (Wildman–Crippen MR) is 73.8 cm³/mol. The molecule has 2 N–H and O–H groups in total. The van der Waals surface area contributed by atoms with Gasteiger partial charge in [-0.05, 0) is 41.6 Å². The van der Waals surface area contributed by atoms with E-state index >= 15 is 0 Å². The minimum absolute atomic E-state index is 0.0808. The van der Waals surface area contributed by atoms with Crippen LogP contribution in [0.1, 0.15) is 32.6 Å². The van der Waals surface area contributed by atoms with Gasteiger partial charge >= 0.3 is 0 Å². The first-order valence-corrected chi connectivity index (χ1v) is 7.06. The van der Waals surface area contributed by atoms with E-state index in [2.05, 4.69) is 26.3 Å². The van der Waals surface area contributed by atoms with Crippen LogP contribution in [-0.4, -0.2) is 27.0 Å². The van der Waals surface area contributed by atoms with Crippen LogP contribution >= 0.6 is 15.9 Å². The van der Waals surface area contributed by atoms with E-state index in [4.69, 9.17) is 0 Å². The Hall–Kier alpha value is -0.880. The molecule has 0 spiro atoms. The predicted octanol–water partition coefficient (Wildman–Crippen LogP) is 1.74. The minimum Gasteiger partial charge on any atom is -0.394 e. The van der Waals surface area contributed by atoms with Gasteiger partial charge in [0, 0.05) is 6.54 Å². The number of aliphatic hydroxyl groups excluding tert-OH is 1. The smallest absolute Gasteiger partial charge is 0.283 e. The first-order chi connectivity index (χ1) is 8.62. The standard InChI is InChI=1S/C12H18BrN3O2/c1-2-6-16-11(18)10(13)9(7-14-16)15-12(8-17)4-3-5-12/h7,15,17H,2-6,8H2,1H3. The highest BCUT2D eigenvalue weighted by Gasteiger charge is 2.36. The third-order valence-corrected chi connectivity index (χ3v) is 4.20. The SMILES string of the molecule is CCCn1ncc(NC2(CO)CCC2)c(Br)c1=O. The van der Waals surface area contributed by atoms with Crippen LogP contribution in [0.2, 0.25) is 0 Å². The van der Waals surface area contributed by atoms with Crippen LogP contribution in [0.3, 0.4) is 0 Å². The van der Waals surface area contributed by atoms with Crippen molar-refractivity contribution < 1.29 is 5.11 Å². The normalized spacial score (nSPS) is 17.3. The zero-order valence-electron chi connectivity index (χ0n) is 10.4. The van der Waals surface area contributed by atoms with Crippen molar-refractivity contribution in [1.29, 1.82) is 0 Å². The molecular weight excluding hydrogens is 298 g/mol. The maximum Gasteiger partial charge on any atom is 0.283 e. The van der Waals surface area contributed by atoms with Crippen LogP contribution in [0.25, 0.3) is 0 Å². The number of nitrogens with zero attached hydrogens (tertiary/aromatic N) is 2. The molecule has 0 aliphatic heterocycles. The fourth-order valence-electron chi connectivity index (χ4n) is 2.14. The van der Waals surface area contributed by atoms with Crippen LogP contribution in [0.4, 0.5) is 5.69 Å². The molecule has 1 aromatic heterocycles. The van der Waals surface area contributed by atoms with Gasteiger partial charge in [-0.2, -0.15) is 5.10 Å². The van der Waals surface area contributed by atoms with Gasteiger partial charge < -0.3 is 10.4 Å². The zero-order valence-corrected chi connectivity index (χ0v) is 12.0. The van der Waals surface area contributed by atoms with Crippen molar-refractivity contribution in [2.24, 2.45) is 0 Å². The third kappa shape index (κ3) is 2.44. The Kier molecular flexibility index (Phi) is 4.07. The average molecular weight is 316 g/mol. The maximum atomic E-state index is 12.0. The first kappa shape index (κ1) is 13.5. The molecule has 1 aliphatic carbocycles. The van der Waals surface area contributed by atoms with E-state index in [1.54, 1.807) is 6.20 Å². The summed E-state index contributed by atoms with van der Waals surface area (Å²) in [6.45, 7) is 2.70. The molecule has 1 aromatic rings. The van der Waals surface area contributed by atoms with Crippen LogP contribution in [0.5, 0.6) is 0 Å². The second kappa shape index (κ2) is 5.40. The number of hydrogen-bond donors (Lipinski definition) is 2. The average Bonchev–Trinajstić information content (AvgIpc) is 2.33. The molecule has 100 valence electrons. The lowest BCUT2D eigenvalue weighted by atomic mass is 9.77. The molecule has 0 bridgehead atoms. The quantitative estimate of drug-likeness (QED) is 0.868. The van der Waals surface area contributed by atoms with Crippen molar-refractivity contribution in [3.8, 4) is 0 Å². The number of halogens is 1. The summed E-state index contributed by atoms with van der Waals surface area (Å²) >= 11 is 3.32. The first-order valence-electron chi connectivity index (χ1n) is 6.26. The van der Waals surface area contributed by atoms with E-state index in [9.17, 15) is 9.90 Å². The molecule has 2 rings (SSSR count). The summed E-state index contributed by atoms with van der Waals surface area (Å²) in [5.41, 5.74) is 0.267. The largest absolute Gasteiger partial charge is 0.394 e. The lowest BCUT2D eigenvalue weighted by Gasteiger charge is -2.41. The molecule has 1 fully saturated rings. The van der Waals surface area contributed by atoms with Crippen molar-refractivity contribution >= 4 is 21.6 Å². The Bertz CT molecular complexity index is 477. The Morgan fingerprint density at radius 2 is 2.33 bits per heavy atom. The number of nitrogens with one attached hydrogen (secondary N) is 1. The molecule has 0 radical (unpaired) electrons. The van der Waals surface area contributed by atoms with E-state index < -0.39 is 0 Å². The Morgan fingerprint density at radius 3 is 2.83 bits per heavy atom. The number of aliphatic hydroxyl groups is 1. The summed E-state index contributed by atoms with van der Waals surface area (Å²) in [5, 5.41) is 16.8. The van der Waals surface area contributed by atoms with Crippen LogP contribution in [-0.2, 0) is 6.54 Å². The molecule has 1 aliphatic rings. The van der Waals surface area contributed by atoms with Gasteiger partial charge in [-0.3, -0.25) is 4.79 Å². The van der Waals surface area contributed by atoms with E-state index in [1.807, 2.05) is 6.92 Å². The van der Waals surface area contributed by atoms with E-state index in [0.29, 0.717) is 16.7 Å². The number of hydrogen-bond acceptors (Lipinski definition) is 4. The second-order valence-electron chi connectivity index (χ2n) is 4.82. The van der Waals surface area contributed by atoms with Gasteiger partial charge in [-0.15, -0.1) is 0 Å². The van der Waals surface area contributed by atoms with Gasteiger partial charge in [0.15, 0.2) is 0 Å². The molecule has 0 saturated heterocycles. The maximum absolute atomic E-state index is 12.0. The molecule has 0 amide bonds. The number of anilines is 1. The van der Waals surface area contributed by atoms with Gasteiger partial charge in [0.2, 0.25) is 0 Å². The molecule has 1 saturated carbocycles. The summed E-state index contributed by atoms with van der Waals surface area (Å²) in [6.07, 6.45) is 5.47. The fourth-order valence-corrected chi connectivity index (χ4v) is 2.54. The number of aromatic nitrogens is 2. The number of aryl methyl sites for hydroxylation is 1. The molecule has 6 heteroatoms. The van der Waals surface area contributed by atoms with Gasteiger partial charge in [-0.25, -0.2) is 4.68 Å². The van der Waals surface area contributed by atoms with Crippen molar-refractivity contribution in [3.63, 3.8) is 0 Å². The highest BCUT2D eigenvalue weighted by Crippen LogP contribution is 2.35. The van der Waals surface area contributed by atoms with Crippen LogP contribution in [0.15, 0.2) is 15.5 Å². The van der Waals surface area contributed by atoms with Crippen LogP contribution < -0.4 is 10.9 Å². The summed E-state index contributed by atoms with van der Waals surface area (Å²) in [6, 6.07) is 0. The summed E-state index contributed by atoms with van der Waals surface area (Å²) in [5.74, 6) is 0. The topological polar surface area (TPSA) is 67.2 Å². The van der Waals surface area contributed by atoms with E-state index in [0.717, 1.165) is 25.7 Å². The van der Waals surface area contributed by atoms with Gasteiger partial charge in [-0.1, -0.05) is 6.92 Å². The Morgan fingerprint density at radius 1 is 1.61 bits per heavy atom. The summed E-state index contributed by atoms with van der Waals surface area (Å²) in [7, 11) is 0. The Balaban J connectivity index is 2.24.